The Hall–Kier alpha value is -3.97. The molecule has 0 amide bonds. The number of nitrogens with zero attached hydrogens (tertiary/aromatic N) is 3. The second-order valence-electron chi connectivity index (χ2n) is 8.25. The highest BCUT2D eigenvalue weighted by molar-refractivity contribution is 6.09. The Balaban J connectivity index is 1.66. The van der Waals surface area contributed by atoms with Gasteiger partial charge in [-0.1, -0.05) is 44.2 Å². The lowest BCUT2D eigenvalue weighted by molar-refractivity contribution is 0.469. The van der Waals surface area contributed by atoms with Crippen LogP contribution in [0.1, 0.15) is 38.8 Å². The molecule has 2 aromatic rings. The molecule has 1 aliphatic rings. The van der Waals surface area contributed by atoms with Crippen molar-refractivity contribution in [2.75, 3.05) is 12.4 Å². The summed E-state index contributed by atoms with van der Waals surface area (Å²) in [5, 5.41) is 6.84. The van der Waals surface area contributed by atoms with E-state index in [-0.39, 0.29) is 0 Å². The topological polar surface area (TPSA) is 96.9 Å². The van der Waals surface area contributed by atoms with E-state index in [0.29, 0.717) is 11.9 Å². The molecule has 0 saturated heterocycles. The van der Waals surface area contributed by atoms with E-state index in [1.165, 1.54) is 6.34 Å². The predicted molar refractivity (Wildman–Crippen MR) is 151 cm³/mol. The molecule has 188 valence electrons. The summed E-state index contributed by atoms with van der Waals surface area (Å²) in [5.41, 5.74) is 9.35. The molecule has 1 aromatic heterocycles. The van der Waals surface area contributed by atoms with Gasteiger partial charge in [0, 0.05) is 43.7 Å². The molecule has 0 unspecified atom stereocenters. The predicted octanol–water partition coefficient (Wildman–Crippen LogP) is 5.91. The average molecular weight is 485 g/mol. The summed E-state index contributed by atoms with van der Waals surface area (Å²) in [5.74, 6) is 2.08. The highest BCUT2D eigenvalue weighted by Crippen LogP contribution is 2.24. The minimum absolute atomic E-state index is 0.496. The molecule has 1 heterocycles. The number of aliphatic imine (C=N–C) groups is 2. The van der Waals surface area contributed by atoms with Gasteiger partial charge in [0.25, 0.3) is 0 Å². The quantitative estimate of drug-likeness (QED) is 0.257. The van der Waals surface area contributed by atoms with Crippen LogP contribution in [0, 0.1) is 0 Å². The molecule has 4 N–H and O–H groups in total. The third kappa shape index (κ3) is 8.36. The summed E-state index contributed by atoms with van der Waals surface area (Å²) in [7, 11) is 1.77. The van der Waals surface area contributed by atoms with E-state index in [2.05, 4.69) is 51.6 Å². The van der Waals surface area contributed by atoms with Crippen LogP contribution in [0.2, 0.25) is 0 Å². The van der Waals surface area contributed by atoms with E-state index in [1.807, 2.05) is 60.7 Å². The Morgan fingerprint density at radius 1 is 1.11 bits per heavy atom. The van der Waals surface area contributed by atoms with Crippen molar-refractivity contribution < 1.29 is 4.74 Å². The Bertz CT molecular complexity index is 1150. The van der Waals surface area contributed by atoms with Crippen molar-refractivity contribution >= 4 is 17.7 Å². The number of anilines is 1. The molecule has 0 spiro atoms. The Morgan fingerprint density at radius 2 is 1.92 bits per heavy atom. The van der Waals surface area contributed by atoms with Crippen molar-refractivity contribution in [1.82, 2.24) is 10.3 Å². The first-order valence-corrected chi connectivity index (χ1v) is 12.3. The highest BCUT2D eigenvalue weighted by atomic mass is 16.5. The molecule has 7 nitrogen and oxygen atoms in total. The van der Waals surface area contributed by atoms with Gasteiger partial charge in [0.2, 0.25) is 0 Å². The number of hydrogen-bond donors (Lipinski definition) is 3. The van der Waals surface area contributed by atoms with Gasteiger partial charge < -0.3 is 21.1 Å². The van der Waals surface area contributed by atoms with Crippen molar-refractivity contribution in [2.45, 2.75) is 45.7 Å². The van der Waals surface area contributed by atoms with Gasteiger partial charge >= 0.3 is 0 Å². The standard InChI is InChI=1S/C29H36N6O/c1-4-23(5-2)33-20-25-18-27(16-17-32-25)36-26-14-12-24(13-15-26)35-29(34-21-30)19-28(31-3)22-10-8-6-7-9-11-22/h6-10,12-19,21,23,33,35H,4-5,11,20H2,1-3H3,(H2,30,34)/b29-19+,31-28?. The van der Waals surface area contributed by atoms with Crippen molar-refractivity contribution in [2.24, 2.45) is 15.7 Å². The number of ether oxygens (including phenoxy) is 1. The van der Waals surface area contributed by atoms with Gasteiger partial charge in [0.1, 0.15) is 17.3 Å². The lowest BCUT2D eigenvalue weighted by atomic mass is 10.1. The van der Waals surface area contributed by atoms with Gasteiger partial charge in [-0.2, -0.15) is 0 Å². The normalized spacial score (nSPS) is 14.3. The van der Waals surface area contributed by atoms with Crippen LogP contribution < -0.4 is 21.1 Å². The zero-order chi connectivity index (χ0) is 25.6. The van der Waals surface area contributed by atoms with Crippen molar-refractivity contribution in [1.29, 1.82) is 0 Å². The van der Waals surface area contributed by atoms with Crippen LogP contribution in [0.3, 0.4) is 0 Å². The van der Waals surface area contributed by atoms with Crippen LogP contribution in [0.15, 0.2) is 100 Å². The largest absolute Gasteiger partial charge is 0.457 e. The molecule has 36 heavy (non-hydrogen) atoms. The molecule has 1 aromatic carbocycles. The SMILES string of the molecule is CCC(CC)NCc1cc(Oc2ccc(NC(=C/C(=NC)C3=CC=CC=CC3)/N=C/N)cc2)ccn1. The summed E-state index contributed by atoms with van der Waals surface area (Å²) >= 11 is 0. The second kappa shape index (κ2) is 14.4. The average Bonchev–Trinajstić information content (AvgIpc) is 3.19. The maximum Gasteiger partial charge on any atom is 0.134 e. The molecule has 0 saturated carbocycles. The van der Waals surface area contributed by atoms with Crippen LogP contribution in [-0.4, -0.2) is 30.1 Å². The van der Waals surface area contributed by atoms with Gasteiger partial charge in [-0.3, -0.25) is 9.98 Å². The van der Waals surface area contributed by atoms with Crippen molar-refractivity contribution in [3.8, 4) is 11.5 Å². The summed E-state index contributed by atoms with van der Waals surface area (Å²) < 4.78 is 6.06. The summed E-state index contributed by atoms with van der Waals surface area (Å²) in [4.78, 5) is 13.2. The van der Waals surface area contributed by atoms with Gasteiger partial charge in [0.05, 0.1) is 17.7 Å². The summed E-state index contributed by atoms with van der Waals surface area (Å²) in [6, 6.07) is 12.0. The fourth-order valence-corrected chi connectivity index (χ4v) is 3.72. The van der Waals surface area contributed by atoms with Gasteiger partial charge in [-0.25, -0.2) is 4.99 Å². The van der Waals surface area contributed by atoms with E-state index < -0.39 is 0 Å². The first kappa shape index (κ1) is 26.6. The van der Waals surface area contributed by atoms with E-state index >= 15 is 0 Å². The number of benzene rings is 1. The molecule has 7 heteroatoms. The first-order valence-electron chi connectivity index (χ1n) is 12.3. The van der Waals surface area contributed by atoms with Crippen LogP contribution in [0.5, 0.6) is 11.5 Å². The van der Waals surface area contributed by atoms with Crippen LogP contribution >= 0.6 is 0 Å². The van der Waals surface area contributed by atoms with Gasteiger partial charge in [0.15, 0.2) is 0 Å². The third-order valence-electron chi connectivity index (χ3n) is 5.76. The van der Waals surface area contributed by atoms with Crippen molar-refractivity contribution in [3.05, 3.63) is 96.1 Å². The number of nitrogens with two attached hydrogens (primary N) is 1. The number of aromatic nitrogens is 1. The molecule has 0 fully saturated rings. The Labute approximate surface area is 214 Å². The molecule has 0 atom stereocenters. The third-order valence-corrected chi connectivity index (χ3v) is 5.76. The maximum atomic E-state index is 6.06. The second-order valence-corrected chi connectivity index (χ2v) is 8.25. The minimum atomic E-state index is 0.496. The van der Waals surface area contributed by atoms with Crippen molar-refractivity contribution in [3.63, 3.8) is 0 Å². The summed E-state index contributed by atoms with van der Waals surface area (Å²) in [6.45, 7) is 5.10. The number of nitrogens with one attached hydrogen (secondary N) is 2. The van der Waals surface area contributed by atoms with E-state index in [4.69, 9.17) is 10.5 Å². The molecular weight excluding hydrogens is 448 g/mol. The van der Waals surface area contributed by atoms with Crippen LogP contribution in [-0.2, 0) is 6.54 Å². The molecule has 0 radical (unpaired) electrons. The number of pyridine rings is 1. The Morgan fingerprint density at radius 3 is 2.64 bits per heavy atom. The van der Waals surface area contributed by atoms with Gasteiger partial charge in [-0.15, -0.1) is 0 Å². The lowest BCUT2D eigenvalue weighted by Gasteiger charge is -2.14. The smallest absolute Gasteiger partial charge is 0.134 e. The van der Waals surface area contributed by atoms with Gasteiger partial charge in [-0.05, 0) is 55.2 Å². The zero-order valence-electron chi connectivity index (χ0n) is 21.3. The molecule has 3 rings (SSSR count). The fraction of sp³-hybridized carbons (Fsp3) is 0.276. The molecule has 0 aliphatic heterocycles. The molecule has 0 bridgehead atoms. The number of rotatable bonds is 12. The molecule has 1 aliphatic carbocycles. The zero-order valence-corrected chi connectivity index (χ0v) is 21.3. The van der Waals surface area contributed by atoms with E-state index in [9.17, 15) is 0 Å². The lowest BCUT2D eigenvalue weighted by Crippen LogP contribution is -2.27. The maximum absolute atomic E-state index is 6.06. The molecular formula is C29H36N6O. The van der Waals surface area contributed by atoms with Crippen LogP contribution in [0.4, 0.5) is 5.69 Å². The first-order chi connectivity index (χ1) is 17.6. The number of allylic oxidation sites excluding steroid dienone is 7. The monoisotopic (exact) mass is 484 g/mol. The minimum Gasteiger partial charge on any atom is -0.457 e. The Kier molecular flexibility index (Phi) is 10.7. The fourth-order valence-electron chi connectivity index (χ4n) is 3.72. The van der Waals surface area contributed by atoms with E-state index in [0.717, 1.165) is 60.0 Å². The van der Waals surface area contributed by atoms with E-state index in [1.54, 1.807) is 13.2 Å². The van der Waals surface area contributed by atoms with Crippen LogP contribution in [0.25, 0.3) is 0 Å². The summed E-state index contributed by atoms with van der Waals surface area (Å²) in [6.07, 6.45) is 18.1. The highest BCUT2D eigenvalue weighted by Gasteiger charge is 2.07. The number of hydrogen-bond acceptors (Lipinski definition) is 6.